The first-order valence-electron chi connectivity index (χ1n) is 13.4. The number of nitrogens with one attached hydrogen (secondary N) is 3. The first kappa shape index (κ1) is 28.5. The van der Waals surface area contributed by atoms with Gasteiger partial charge in [0, 0.05) is 72.0 Å². The second-order valence-electron chi connectivity index (χ2n) is 10.5. The Morgan fingerprint density at radius 3 is 2.25 bits per heavy atom. The van der Waals surface area contributed by atoms with Gasteiger partial charge in [-0.15, -0.1) is 0 Å². The minimum absolute atomic E-state index is 0.000167. The predicted molar refractivity (Wildman–Crippen MR) is 155 cm³/mol. The van der Waals surface area contributed by atoms with Gasteiger partial charge >= 0.3 is 0 Å². The molecular formula is C30H36N6O4. The number of ether oxygens (including phenoxy) is 1. The van der Waals surface area contributed by atoms with E-state index in [9.17, 15) is 14.4 Å². The summed E-state index contributed by atoms with van der Waals surface area (Å²) >= 11 is 0. The molecule has 0 aliphatic carbocycles. The zero-order valence-corrected chi connectivity index (χ0v) is 23.1. The number of amides is 3. The van der Waals surface area contributed by atoms with Crippen molar-refractivity contribution < 1.29 is 19.1 Å². The normalized spacial score (nSPS) is 16.8. The van der Waals surface area contributed by atoms with Crippen molar-refractivity contribution in [2.45, 2.75) is 33.1 Å². The molecule has 1 spiro atoms. The highest BCUT2D eigenvalue weighted by atomic mass is 16.5. The summed E-state index contributed by atoms with van der Waals surface area (Å²) in [5.41, 5.74) is 8.11. The lowest BCUT2D eigenvalue weighted by Gasteiger charge is -2.38. The molecule has 4 rings (SSSR count). The molecule has 2 aliphatic rings. The largest absolute Gasteiger partial charge is 0.496 e. The van der Waals surface area contributed by atoms with Crippen LogP contribution in [0.3, 0.4) is 0 Å². The van der Waals surface area contributed by atoms with Crippen molar-refractivity contribution in [1.29, 1.82) is 10.8 Å². The molecule has 0 unspecified atom stereocenters. The van der Waals surface area contributed by atoms with E-state index in [-0.39, 0.29) is 29.5 Å². The zero-order valence-electron chi connectivity index (χ0n) is 23.1. The first-order chi connectivity index (χ1) is 19.1. The highest BCUT2D eigenvalue weighted by Crippen LogP contribution is 2.44. The zero-order chi connectivity index (χ0) is 29.0. The number of piperidine rings is 1. The lowest BCUT2D eigenvalue weighted by Crippen LogP contribution is -2.46. The van der Waals surface area contributed by atoms with E-state index < -0.39 is 5.41 Å². The van der Waals surface area contributed by atoms with Gasteiger partial charge in [-0.2, -0.15) is 0 Å². The molecule has 2 aliphatic heterocycles. The van der Waals surface area contributed by atoms with Crippen LogP contribution in [0, 0.1) is 22.2 Å². The van der Waals surface area contributed by atoms with Crippen molar-refractivity contribution in [3.8, 4) is 5.75 Å². The van der Waals surface area contributed by atoms with Gasteiger partial charge in [0.05, 0.1) is 12.5 Å². The number of carbonyl (C=O) groups excluding carboxylic acids is 3. The Hall–Kier alpha value is -4.47. The minimum Gasteiger partial charge on any atom is -0.496 e. The second kappa shape index (κ2) is 11.7. The van der Waals surface area contributed by atoms with Crippen LogP contribution in [0.4, 0.5) is 5.69 Å². The molecule has 0 saturated carbocycles. The summed E-state index contributed by atoms with van der Waals surface area (Å²) in [5.74, 6) is 0.0181. The smallest absolute Gasteiger partial charge is 0.253 e. The summed E-state index contributed by atoms with van der Waals surface area (Å²) in [6.07, 6.45) is 4.39. The predicted octanol–water partition coefficient (Wildman–Crippen LogP) is 3.40. The maximum atomic E-state index is 13.6. The molecule has 2 aromatic rings. The summed E-state index contributed by atoms with van der Waals surface area (Å²) in [4.78, 5) is 42.3. The molecule has 2 saturated heterocycles. The molecule has 0 aromatic heterocycles. The van der Waals surface area contributed by atoms with E-state index in [0.717, 1.165) is 11.9 Å². The fraction of sp³-hybridized carbons (Fsp3) is 0.367. The van der Waals surface area contributed by atoms with Gasteiger partial charge in [-0.3, -0.25) is 19.8 Å². The molecule has 0 atom stereocenters. The summed E-state index contributed by atoms with van der Waals surface area (Å²) in [6, 6.07) is 12.1. The Morgan fingerprint density at radius 2 is 1.68 bits per heavy atom. The van der Waals surface area contributed by atoms with E-state index >= 15 is 0 Å². The fourth-order valence-electron chi connectivity index (χ4n) is 5.27. The number of methoxy groups -OCH3 is 1. The molecule has 10 nitrogen and oxygen atoms in total. The topological polar surface area (TPSA) is 153 Å². The van der Waals surface area contributed by atoms with E-state index in [4.69, 9.17) is 21.3 Å². The Bertz CT molecular complexity index is 1360. The van der Waals surface area contributed by atoms with Crippen LogP contribution < -0.4 is 20.7 Å². The van der Waals surface area contributed by atoms with Crippen LogP contribution in [0.5, 0.6) is 5.75 Å². The molecule has 0 bridgehead atoms. The van der Waals surface area contributed by atoms with Crippen molar-refractivity contribution in [1.82, 2.24) is 10.2 Å². The lowest BCUT2D eigenvalue weighted by atomic mass is 9.77. The van der Waals surface area contributed by atoms with Gasteiger partial charge in [-0.05, 0) is 43.5 Å². The van der Waals surface area contributed by atoms with Crippen LogP contribution in [-0.4, -0.2) is 61.4 Å². The highest BCUT2D eigenvalue weighted by molar-refractivity contribution is 6.10. The molecular weight excluding hydrogens is 508 g/mol. The van der Waals surface area contributed by atoms with Crippen molar-refractivity contribution in [3.63, 3.8) is 0 Å². The van der Waals surface area contributed by atoms with Crippen LogP contribution in [0.15, 0.2) is 48.7 Å². The van der Waals surface area contributed by atoms with Crippen LogP contribution >= 0.6 is 0 Å². The number of hydrogen-bond acceptors (Lipinski definition) is 7. The van der Waals surface area contributed by atoms with Gasteiger partial charge in [-0.25, -0.2) is 0 Å². The number of anilines is 1. The SMILES string of the molecule is COc1cc(N2CCC3(CCN(C(=O)c4ccc(C(=N)NC(=O)C(C)C)cc4)CC3)C2=O)ccc1/C(C=N)=C/N. The number of rotatable bonds is 7. The number of benzene rings is 2. The first-order valence-corrected chi connectivity index (χ1v) is 13.4. The van der Waals surface area contributed by atoms with E-state index in [1.807, 2.05) is 12.1 Å². The summed E-state index contributed by atoms with van der Waals surface area (Å²) < 4.78 is 5.52. The minimum atomic E-state index is -0.506. The van der Waals surface area contributed by atoms with Crippen molar-refractivity contribution in [2.24, 2.45) is 17.1 Å². The number of carbonyl (C=O) groups is 3. The van der Waals surface area contributed by atoms with Crippen LogP contribution in [0.25, 0.3) is 5.57 Å². The Kier molecular flexibility index (Phi) is 8.37. The number of amidine groups is 1. The maximum Gasteiger partial charge on any atom is 0.253 e. The van der Waals surface area contributed by atoms with Gasteiger partial charge in [0.2, 0.25) is 11.8 Å². The van der Waals surface area contributed by atoms with Gasteiger partial charge in [0.25, 0.3) is 5.91 Å². The monoisotopic (exact) mass is 544 g/mol. The molecule has 40 heavy (non-hydrogen) atoms. The lowest BCUT2D eigenvalue weighted by molar-refractivity contribution is -0.127. The number of likely N-dealkylation sites (tertiary alicyclic amines) is 1. The van der Waals surface area contributed by atoms with E-state index in [1.165, 1.54) is 6.20 Å². The summed E-state index contributed by atoms with van der Waals surface area (Å²) in [5, 5.41) is 18.2. The van der Waals surface area contributed by atoms with E-state index in [0.29, 0.717) is 66.9 Å². The van der Waals surface area contributed by atoms with E-state index in [1.54, 1.807) is 61.1 Å². The van der Waals surface area contributed by atoms with Crippen molar-refractivity contribution >= 4 is 41.0 Å². The number of nitrogens with zero attached hydrogens (tertiary/aromatic N) is 2. The molecule has 2 heterocycles. The van der Waals surface area contributed by atoms with Gasteiger partial charge in [0.1, 0.15) is 11.6 Å². The van der Waals surface area contributed by atoms with Crippen LogP contribution in [0.2, 0.25) is 0 Å². The highest BCUT2D eigenvalue weighted by Gasteiger charge is 2.49. The third-order valence-electron chi connectivity index (χ3n) is 7.86. The third-order valence-corrected chi connectivity index (χ3v) is 7.86. The second-order valence-corrected chi connectivity index (χ2v) is 10.5. The number of hydrogen-bond donors (Lipinski definition) is 4. The molecule has 210 valence electrons. The van der Waals surface area contributed by atoms with Gasteiger partial charge < -0.3 is 31.0 Å². The Balaban J connectivity index is 1.40. The molecule has 5 N–H and O–H groups in total. The Morgan fingerprint density at radius 1 is 1.05 bits per heavy atom. The molecule has 2 fully saturated rings. The molecule has 0 radical (unpaired) electrons. The maximum absolute atomic E-state index is 13.6. The summed E-state index contributed by atoms with van der Waals surface area (Å²) in [6.45, 7) is 5.06. The van der Waals surface area contributed by atoms with Crippen LogP contribution in [-0.2, 0) is 9.59 Å². The fourth-order valence-corrected chi connectivity index (χ4v) is 5.27. The average molecular weight is 545 g/mol. The Labute approximate surface area is 234 Å². The van der Waals surface area contributed by atoms with E-state index in [2.05, 4.69) is 5.32 Å². The van der Waals surface area contributed by atoms with Crippen LogP contribution in [0.1, 0.15) is 54.6 Å². The standard InChI is InChI=1S/C30H36N6O4/c1-19(2)27(37)34-26(33)20-4-6-21(7-5-20)28(38)35-13-10-30(11-14-35)12-15-36(29(30)39)23-8-9-24(22(17-31)18-32)25(16-23)40-3/h4-9,16-19,31H,10-15,32H2,1-3H3,(H2,33,34,37)/b22-18+,31-17?. The number of nitrogens with two attached hydrogens (primary N) is 1. The molecule has 2 aromatic carbocycles. The van der Waals surface area contributed by atoms with Crippen molar-refractivity contribution in [3.05, 3.63) is 65.4 Å². The molecule has 10 heteroatoms. The van der Waals surface area contributed by atoms with Gasteiger partial charge in [0.15, 0.2) is 0 Å². The summed E-state index contributed by atoms with van der Waals surface area (Å²) in [7, 11) is 1.54. The molecule has 3 amide bonds. The van der Waals surface area contributed by atoms with Crippen molar-refractivity contribution in [2.75, 3.05) is 31.6 Å². The average Bonchev–Trinajstić information content (AvgIpc) is 3.28. The third kappa shape index (κ3) is 5.47. The quantitative estimate of drug-likeness (QED) is 0.311. The van der Waals surface area contributed by atoms with Gasteiger partial charge in [-0.1, -0.05) is 26.0 Å². The number of allylic oxidation sites excluding steroid dienone is 1.